The topological polar surface area (TPSA) is 35.6 Å². The molecule has 1 heterocycles. The van der Waals surface area contributed by atoms with Gasteiger partial charge in [0, 0.05) is 42.6 Å². The SMILES string of the molecule is Cc1cccc(C(C)C)c1NC(=O)[C@H](C)N1CCN(c2cccc(Cl)c2)CC1. The van der Waals surface area contributed by atoms with Crippen LogP contribution in [0.5, 0.6) is 0 Å². The Balaban J connectivity index is 1.63. The van der Waals surface area contributed by atoms with E-state index in [1.54, 1.807) is 0 Å². The van der Waals surface area contributed by atoms with Crippen LogP contribution in [0.4, 0.5) is 11.4 Å². The van der Waals surface area contributed by atoms with Gasteiger partial charge in [-0.3, -0.25) is 9.69 Å². The second-order valence-corrected chi connectivity index (χ2v) is 8.30. The lowest BCUT2D eigenvalue weighted by atomic mass is 9.98. The van der Waals surface area contributed by atoms with Gasteiger partial charge in [0.05, 0.1) is 6.04 Å². The minimum Gasteiger partial charge on any atom is -0.369 e. The van der Waals surface area contributed by atoms with Crippen LogP contribution in [0.1, 0.15) is 37.8 Å². The van der Waals surface area contributed by atoms with Crippen molar-refractivity contribution in [3.63, 3.8) is 0 Å². The molecule has 28 heavy (non-hydrogen) atoms. The van der Waals surface area contributed by atoms with E-state index in [-0.39, 0.29) is 11.9 Å². The van der Waals surface area contributed by atoms with Crippen molar-refractivity contribution < 1.29 is 4.79 Å². The summed E-state index contributed by atoms with van der Waals surface area (Å²) in [7, 11) is 0. The highest BCUT2D eigenvalue weighted by Gasteiger charge is 2.26. The van der Waals surface area contributed by atoms with Gasteiger partial charge in [0.25, 0.3) is 0 Å². The van der Waals surface area contributed by atoms with Crippen LogP contribution in [-0.2, 0) is 4.79 Å². The smallest absolute Gasteiger partial charge is 0.241 e. The molecule has 1 fully saturated rings. The molecular weight excluding hydrogens is 370 g/mol. The lowest BCUT2D eigenvalue weighted by Gasteiger charge is -2.38. The highest BCUT2D eigenvalue weighted by Crippen LogP contribution is 2.28. The molecule has 1 aliphatic heterocycles. The van der Waals surface area contributed by atoms with Gasteiger partial charge in [-0.05, 0) is 49.1 Å². The van der Waals surface area contributed by atoms with Crippen molar-refractivity contribution in [2.45, 2.75) is 39.7 Å². The monoisotopic (exact) mass is 399 g/mol. The van der Waals surface area contributed by atoms with Crippen LogP contribution in [0, 0.1) is 6.92 Å². The van der Waals surface area contributed by atoms with Gasteiger partial charge in [-0.25, -0.2) is 0 Å². The van der Waals surface area contributed by atoms with Crippen LogP contribution in [-0.4, -0.2) is 43.0 Å². The van der Waals surface area contributed by atoms with Crippen molar-refractivity contribution in [3.8, 4) is 0 Å². The summed E-state index contributed by atoms with van der Waals surface area (Å²) in [6, 6.07) is 14.0. The van der Waals surface area contributed by atoms with Gasteiger partial charge in [0.15, 0.2) is 0 Å². The Labute approximate surface area is 173 Å². The summed E-state index contributed by atoms with van der Waals surface area (Å²) >= 11 is 6.12. The standard InChI is InChI=1S/C23H30ClN3O/c1-16(2)21-10-5-7-17(3)22(21)25-23(28)18(4)26-11-13-27(14-12-26)20-9-6-8-19(24)15-20/h5-10,15-16,18H,11-14H2,1-4H3,(H,25,28)/t18-/m0/s1. The number of amides is 1. The molecule has 2 aromatic carbocycles. The number of anilines is 2. The molecule has 1 saturated heterocycles. The normalized spacial score (nSPS) is 16.3. The first kappa shape index (κ1) is 20.7. The van der Waals surface area contributed by atoms with E-state index in [4.69, 9.17) is 11.6 Å². The summed E-state index contributed by atoms with van der Waals surface area (Å²) in [6.45, 7) is 11.8. The molecule has 0 aliphatic carbocycles. The molecule has 1 atom stereocenters. The minimum atomic E-state index is -0.166. The predicted molar refractivity (Wildman–Crippen MR) is 119 cm³/mol. The average molecular weight is 400 g/mol. The van der Waals surface area contributed by atoms with E-state index in [0.29, 0.717) is 5.92 Å². The molecule has 0 unspecified atom stereocenters. The molecule has 150 valence electrons. The number of hydrogen-bond donors (Lipinski definition) is 1. The Hall–Kier alpha value is -2.04. The number of benzene rings is 2. The van der Waals surface area contributed by atoms with Crippen molar-refractivity contribution >= 4 is 28.9 Å². The molecule has 0 aromatic heterocycles. The number of hydrogen-bond acceptors (Lipinski definition) is 3. The Morgan fingerprint density at radius 3 is 2.36 bits per heavy atom. The van der Waals surface area contributed by atoms with Gasteiger partial charge in [-0.1, -0.05) is 49.7 Å². The molecule has 0 spiro atoms. The number of carbonyl (C=O) groups excluding carboxylic acids is 1. The Bertz CT molecular complexity index is 828. The molecule has 5 heteroatoms. The van der Waals surface area contributed by atoms with E-state index in [2.05, 4.69) is 60.2 Å². The Morgan fingerprint density at radius 2 is 1.71 bits per heavy atom. The quantitative estimate of drug-likeness (QED) is 0.774. The predicted octanol–water partition coefficient (Wildman–Crippen LogP) is 4.92. The van der Waals surface area contributed by atoms with Gasteiger partial charge in [0.1, 0.15) is 0 Å². The minimum absolute atomic E-state index is 0.0624. The summed E-state index contributed by atoms with van der Waals surface area (Å²) in [4.78, 5) is 17.5. The van der Waals surface area contributed by atoms with Crippen LogP contribution in [0.25, 0.3) is 0 Å². The molecule has 0 radical (unpaired) electrons. The second kappa shape index (κ2) is 8.97. The van der Waals surface area contributed by atoms with Gasteiger partial charge < -0.3 is 10.2 Å². The summed E-state index contributed by atoms with van der Waals surface area (Å²) in [5, 5.41) is 3.95. The van der Waals surface area contributed by atoms with E-state index in [1.165, 1.54) is 5.56 Å². The first-order valence-electron chi connectivity index (χ1n) is 10.0. The number of carbonyl (C=O) groups is 1. The van der Waals surface area contributed by atoms with Crippen LogP contribution in [0.15, 0.2) is 42.5 Å². The molecular formula is C23H30ClN3O. The van der Waals surface area contributed by atoms with Gasteiger partial charge in [-0.2, -0.15) is 0 Å². The van der Waals surface area contributed by atoms with Crippen molar-refractivity contribution in [1.29, 1.82) is 0 Å². The van der Waals surface area contributed by atoms with Gasteiger partial charge >= 0.3 is 0 Å². The average Bonchev–Trinajstić information content (AvgIpc) is 2.68. The summed E-state index contributed by atoms with van der Waals surface area (Å²) < 4.78 is 0. The molecule has 0 bridgehead atoms. The zero-order valence-electron chi connectivity index (χ0n) is 17.2. The molecule has 3 rings (SSSR count). The zero-order valence-corrected chi connectivity index (χ0v) is 18.0. The number of piperazine rings is 1. The van der Waals surface area contributed by atoms with E-state index in [0.717, 1.165) is 48.1 Å². The van der Waals surface area contributed by atoms with Crippen LogP contribution in [0.3, 0.4) is 0 Å². The van der Waals surface area contributed by atoms with Crippen LogP contribution in [0.2, 0.25) is 5.02 Å². The van der Waals surface area contributed by atoms with Crippen LogP contribution >= 0.6 is 11.6 Å². The fraction of sp³-hybridized carbons (Fsp3) is 0.435. The number of halogens is 1. The fourth-order valence-electron chi connectivity index (χ4n) is 3.78. The lowest BCUT2D eigenvalue weighted by Crippen LogP contribution is -2.52. The molecule has 1 N–H and O–H groups in total. The third kappa shape index (κ3) is 4.68. The summed E-state index contributed by atoms with van der Waals surface area (Å²) in [6.07, 6.45) is 0. The summed E-state index contributed by atoms with van der Waals surface area (Å²) in [5.41, 5.74) is 4.40. The van der Waals surface area contributed by atoms with Gasteiger partial charge in [-0.15, -0.1) is 0 Å². The van der Waals surface area contributed by atoms with E-state index < -0.39 is 0 Å². The van der Waals surface area contributed by atoms with Crippen molar-refractivity contribution in [2.75, 3.05) is 36.4 Å². The first-order chi connectivity index (χ1) is 13.4. The zero-order chi connectivity index (χ0) is 20.3. The molecule has 1 aliphatic rings. The van der Waals surface area contributed by atoms with Gasteiger partial charge in [0.2, 0.25) is 5.91 Å². The van der Waals surface area contributed by atoms with E-state index in [9.17, 15) is 4.79 Å². The maximum Gasteiger partial charge on any atom is 0.241 e. The first-order valence-corrected chi connectivity index (χ1v) is 10.4. The van der Waals surface area contributed by atoms with Crippen molar-refractivity contribution in [3.05, 3.63) is 58.6 Å². The Kier molecular flexibility index (Phi) is 6.63. The van der Waals surface area contributed by atoms with Crippen LogP contribution < -0.4 is 10.2 Å². The molecule has 0 saturated carbocycles. The number of para-hydroxylation sites is 1. The maximum atomic E-state index is 13.0. The highest BCUT2D eigenvalue weighted by molar-refractivity contribution is 6.30. The Morgan fingerprint density at radius 1 is 1.04 bits per heavy atom. The van der Waals surface area contributed by atoms with E-state index >= 15 is 0 Å². The third-order valence-corrected chi connectivity index (χ3v) is 5.83. The van der Waals surface area contributed by atoms with E-state index in [1.807, 2.05) is 25.1 Å². The lowest BCUT2D eigenvalue weighted by molar-refractivity contribution is -0.120. The number of aryl methyl sites for hydroxylation is 1. The molecule has 1 amide bonds. The molecule has 4 nitrogen and oxygen atoms in total. The summed E-state index contributed by atoms with van der Waals surface area (Å²) in [5.74, 6) is 0.430. The number of rotatable bonds is 5. The maximum absolute atomic E-state index is 13.0. The highest BCUT2D eigenvalue weighted by atomic mass is 35.5. The van der Waals surface area contributed by atoms with Crippen molar-refractivity contribution in [1.82, 2.24) is 4.90 Å². The second-order valence-electron chi connectivity index (χ2n) is 7.86. The fourth-order valence-corrected chi connectivity index (χ4v) is 3.96. The third-order valence-electron chi connectivity index (χ3n) is 5.59. The molecule has 2 aromatic rings. The number of nitrogens with zero attached hydrogens (tertiary/aromatic N) is 2. The van der Waals surface area contributed by atoms with Crippen molar-refractivity contribution in [2.24, 2.45) is 0 Å². The number of nitrogens with one attached hydrogen (secondary N) is 1. The largest absolute Gasteiger partial charge is 0.369 e.